The molecule has 3 nitrogen and oxygen atoms in total. The van der Waals surface area contributed by atoms with E-state index in [1.807, 2.05) is 0 Å². The molecular formula is C14H20O3. The first-order valence-electron chi connectivity index (χ1n) is 6.27. The minimum Gasteiger partial charge on any atom is -0.468 e. The molecule has 0 aromatic carbocycles. The molecule has 3 atom stereocenters. The summed E-state index contributed by atoms with van der Waals surface area (Å²) >= 11 is 0. The molecule has 1 fully saturated rings. The summed E-state index contributed by atoms with van der Waals surface area (Å²) in [7, 11) is 1.37. The molecule has 3 heteroatoms. The third kappa shape index (κ3) is 2.03. The number of methoxy groups -OCH3 is 1. The van der Waals surface area contributed by atoms with Crippen LogP contribution in [0.3, 0.4) is 0 Å². The van der Waals surface area contributed by atoms with Gasteiger partial charge in [-0.15, -0.1) is 0 Å². The Hall–Kier alpha value is -1.12. The molecule has 0 bridgehead atoms. The van der Waals surface area contributed by atoms with E-state index in [2.05, 4.69) is 19.9 Å². The Kier molecular flexibility index (Phi) is 3.11. The Balaban J connectivity index is 2.34. The second-order valence-corrected chi connectivity index (χ2v) is 5.61. The van der Waals surface area contributed by atoms with E-state index in [-0.39, 0.29) is 23.1 Å². The summed E-state index contributed by atoms with van der Waals surface area (Å²) in [4.78, 5) is 23.7. The Labute approximate surface area is 102 Å². The lowest BCUT2D eigenvalue weighted by molar-refractivity contribution is -0.156. The maximum atomic E-state index is 12.0. The first-order valence-corrected chi connectivity index (χ1v) is 6.27. The van der Waals surface area contributed by atoms with Crippen LogP contribution in [0.1, 0.15) is 39.5 Å². The Morgan fingerprint density at radius 1 is 1.47 bits per heavy atom. The van der Waals surface area contributed by atoms with Crippen molar-refractivity contribution in [1.82, 2.24) is 0 Å². The summed E-state index contributed by atoms with van der Waals surface area (Å²) in [5, 5.41) is 0. The van der Waals surface area contributed by atoms with E-state index >= 15 is 0 Å². The number of fused-ring (bicyclic) bond motifs is 1. The highest BCUT2D eigenvalue weighted by atomic mass is 16.5. The van der Waals surface area contributed by atoms with Crippen LogP contribution in [-0.4, -0.2) is 18.9 Å². The number of ether oxygens (including phenoxy) is 1. The molecule has 0 N–H and O–H groups in total. The SMILES string of the molecule is COC(=O)C1C(=O)CC[C@]2(C)C=C(C)CC[C@@H]12. The Bertz CT molecular complexity index is 375. The molecule has 2 aliphatic rings. The van der Waals surface area contributed by atoms with Gasteiger partial charge in [0.05, 0.1) is 7.11 Å². The lowest BCUT2D eigenvalue weighted by Crippen LogP contribution is -2.46. The lowest BCUT2D eigenvalue weighted by atomic mass is 9.58. The highest BCUT2D eigenvalue weighted by Gasteiger charge is 2.49. The number of hydrogen-bond donors (Lipinski definition) is 0. The van der Waals surface area contributed by atoms with Gasteiger partial charge in [-0.2, -0.15) is 0 Å². The van der Waals surface area contributed by atoms with Gasteiger partial charge in [-0.05, 0) is 37.5 Å². The van der Waals surface area contributed by atoms with E-state index < -0.39 is 5.92 Å². The van der Waals surface area contributed by atoms with Crippen LogP contribution in [0.4, 0.5) is 0 Å². The highest BCUT2D eigenvalue weighted by molar-refractivity contribution is 6.00. The smallest absolute Gasteiger partial charge is 0.316 e. The third-order valence-corrected chi connectivity index (χ3v) is 4.39. The largest absolute Gasteiger partial charge is 0.468 e. The molecule has 0 radical (unpaired) electrons. The fourth-order valence-electron chi connectivity index (χ4n) is 3.46. The van der Waals surface area contributed by atoms with E-state index in [0.717, 1.165) is 19.3 Å². The third-order valence-electron chi connectivity index (χ3n) is 4.39. The molecule has 2 aliphatic carbocycles. The van der Waals surface area contributed by atoms with Crippen LogP contribution in [0.15, 0.2) is 11.6 Å². The highest BCUT2D eigenvalue weighted by Crippen LogP contribution is 2.50. The van der Waals surface area contributed by atoms with E-state index in [1.165, 1.54) is 12.7 Å². The van der Waals surface area contributed by atoms with Crippen LogP contribution in [0, 0.1) is 17.3 Å². The van der Waals surface area contributed by atoms with Gasteiger partial charge >= 0.3 is 5.97 Å². The van der Waals surface area contributed by atoms with Crippen LogP contribution >= 0.6 is 0 Å². The number of rotatable bonds is 1. The molecule has 0 aromatic rings. The maximum absolute atomic E-state index is 12.0. The molecular weight excluding hydrogens is 216 g/mol. The van der Waals surface area contributed by atoms with Gasteiger partial charge in [0.1, 0.15) is 11.7 Å². The number of ketones is 1. The van der Waals surface area contributed by atoms with Crippen molar-refractivity contribution in [3.63, 3.8) is 0 Å². The Morgan fingerprint density at radius 2 is 2.18 bits per heavy atom. The summed E-state index contributed by atoms with van der Waals surface area (Å²) in [6.07, 6.45) is 5.53. The van der Waals surface area contributed by atoms with Crippen molar-refractivity contribution in [2.75, 3.05) is 7.11 Å². The molecule has 1 saturated carbocycles. The van der Waals surface area contributed by atoms with Crippen molar-refractivity contribution in [1.29, 1.82) is 0 Å². The number of carbonyl (C=O) groups is 2. The van der Waals surface area contributed by atoms with Crippen LogP contribution in [0.5, 0.6) is 0 Å². The van der Waals surface area contributed by atoms with E-state index in [9.17, 15) is 9.59 Å². The quantitative estimate of drug-likeness (QED) is 0.399. The topological polar surface area (TPSA) is 43.4 Å². The zero-order valence-corrected chi connectivity index (χ0v) is 10.8. The average molecular weight is 236 g/mol. The van der Waals surface area contributed by atoms with Gasteiger partial charge in [0.2, 0.25) is 0 Å². The normalized spacial score (nSPS) is 37.1. The first-order chi connectivity index (χ1) is 7.98. The molecule has 0 aromatic heterocycles. The van der Waals surface area contributed by atoms with Gasteiger partial charge in [0.25, 0.3) is 0 Å². The average Bonchev–Trinajstić information content (AvgIpc) is 2.29. The zero-order valence-electron chi connectivity index (χ0n) is 10.8. The summed E-state index contributed by atoms with van der Waals surface area (Å²) in [5.74, 6) is -0.700. The summed E-state index contributed by atoms with van der Waals surface area (Å²) in [5.41, 5.74) is 1.37. The number of esters is 1. The molecule has 17 heavy (non-hydrogen) atoms. The van der Waals surface area contributed by atoms with Crippen molar-refractivity contribution >= 4 is 11.8 Å². The number of hydrogen-bond acceptors (Lipinski definition) is 3. The molecule has 0 spiro atoms. The lowest BCUT2D eigenvalue weighted by Gasteiger charge is -2.45. The van der Waals surface area contributed by atoms with Crippen molar-refractivity contribution in [3.05, 3.63) is 11.6 Å². The predicted molar refractivity (Wildman–Crippen MR) is 64.3 cm³/mol. The molecule has 94 valence electrons. The Morgan fingerprint density at radius 3 is 2.82 bits per heavy atom. The second-order valence-electron chi connectivity index (χ2n) is 5.61. The number of carbonyl (C=O) groups excluding carboxylic acids is 2. The first kappa shape index (κ1) is 12.3. The fourth-order valence-corrected chi connectivity index (χ4v) is 3.46. The van der Waals surface area contributed by atoms with Crippen LogP contribution in [0.2, 0.25) is 0 Å². The monoisotopic (exact) mass is 236 g/mol. The molecule has 0 saturated heterocycles. The molecule has 0 amide bonds. The molecule has 0 heterocycles. The number of Topliss-reactive ketones (excluding diaryl/α,β-unsaturated/α-hetero) is 1. The minimum atomic E-state index is -0.539. The van der Waals surface area contributed by atoms with Gasteiger partial charge in [0.15, 0.2) is 0 Å². The number of allylic oxidation sites excluding steroid dienone is 2. The van der Waals surface area contributed by atoms with E-state index in [4.69, 9.17) is 4.74 Å². The zero-order chi connectivity index (χ0) is 12.6. The van der Waals surface area contributed by atoms with Crippen LogP contribution in [0.25, 0.3) is 0 Å². The fraction of sp³-hybridized carbons (Fsp3) is 0.714. The van der Waals surface area contributed by atoms with E-state index in [1.54, 1.807) is 0 Å². The maximum Gasteiger partial charge on any atom is 0.316 e. The molecule has 1 unspecified atom stereocenters. The van der Waals surface area contributed by atoms with Crippen molar-refractivity contribution in [2.45, 2.75) is 39.5 Å². The van der Waals surface area contributed by atoms with Gasteiger partial charge in [-0.3, -0.25) is 9.59 Å². The van der Waals surface area contributed by atoms with Gasteiger partial charge in [-0.1, -0.05) is 18.6 Å². The summed E-state index contributed by atoms with van der Waals surface area (Å²) in [6.45, 7) is 4.30. The summed E-state index contributed by atoms with van der Waals surface area (Å²) in [6, 6.07) is 0. The second kappa shape index (κ2) is 4.28. The minimum absolute atomic E-state index is 0.00486. The van der Waals surface area contributed by atoms with Crippen molar-refractivity contribution in [3.8, 4) is 0 Å². The van der Waals surface area contributed by atoms with Gasteiger partial charge in [-0.25, -0.2) is 0 Å². The molecule has 0 aliphatic heterocycles. The van der Waals surface area contributed by atoms with Crippen LogP contribution < -0.4 is 0 Å². The summed E-state index contributed by atoms with van der Waals surface area (Å²) < 4.78 is 4.80. The predicted octanol–water partition coefficient (Wildman–Crippen LogP) is 2.50. The van der Waals surface area contributed by atoms with Crippen molar-refractivity contribution in [2.24, 2.45) is 17.3 Å². The van der Waals surface area contributed by atoms with Crippen LogP contribution in [-0.2, 0) is 14.3 Å². The molecule has 2 rings (SSSR count). The standard InChI is InChI=1S/C14H20O3/c1-9-4-5-10-12(13(16)17-3)11(15)6-7-14(10,2)8-9/h8,10,12H,4-7H2,1-3H3/t10-,12?,14+/m0/s1. The van der Waals surface area contributed by atoms with Gasteiger partial charge in [0, 0.05) is 6.42 Å². The van der Waals surface area contributed by atoms with Gasteiger partial charge < -0.3 is 4.74 Å². The van der Waals surface area contributed by atoms with Crippen molar-refractivity contribution < 1.29 is 14.3 Å². The van der Waals surface area contributed by atoms with E-state index in [0.29, 0.717) is 6.42 Å².